The molecule has 1 aliphatic carbocycles. The monoisotopic (exact) mass is 285 g/mol. The van der Waals surface area contributed by atoms with Crippen molar-refractivity contribution in [1.29, 1.82) is 0 Å². The fourth-order valence-electron chi connectivity index (χ4n) is 2.16. The number of amides is 3. The zero-order chi connectivity index (χ0) is 15.0. The van der Waals surface area contributed by atoms with E-state index in [-0.39, 0.29) is 37.5 Å². The maximum atomic E-state index is 11.6. The predicted molar refractivity (Wildman–Crippen MR) is 73.3 cm³/mol. The van der Waals surface area contributed by atoms with E-state index in [1.54, 1.807) is 0 Å². The van der Waals surface area contributed by atoms with Gasteiger partial charge in [0.05, 0.1) is 13.0 Å². The van der Waals surface area contributed by atoms with Gasteiger partial charge in [-0.2, -0.15) is 0 Å². The highest BCUT2D eigenvalue weighted by Crippen LogP contribution is 2.16. The number of hydrogen-bond donors (Lipinski definition) is 3. The number of carboxylic acids is 1. The smallest absolute Gasteiger partial charge is 0.315 e. The summed E-state index contributed by atoms with van der Waals surface area (Å²) in [6, 6.07) is -0.138. The maximum absolute atomic E-state index is 11.6. The van der Waals surface area contributed by atoms with Crippen LogP contribution in [0.25, 0.3) is 0 Å². The van der Waals surface area contributed by atoms with E-state index in [9.17, 15) is 14.4 Å². The molecule has 0 aromatic rings. The van der Waals surface area contributed by atoms with Gasteiger partial charge in [0, 0.05) is 19.6 Å². The SMILES string of the molecule is CN(CCC(=O)O)C(=O)CNC(=O)NC1CCCCC1. The molecule has 7 nitrogen and oxygen atoms in total. The summed E-state index contributed by atoms with van der Waals surface area (Å²) >= 11 is 0. The Morgan fingerprint density at radius 1 is 1.20 bits per heavy atom. The Kier molecular flexibility index (Phi) is 6.83. The van der Waals surface area contributed by atoms with Gasteiger partial charge in [0.1, 0.15) is 0 Å². The molecule has 3 N–H and O–H groups in total. The highest BCUT2D eigenvalue weighted by molar-refractivity contribution is 5.84. The Bertz CT molecular complexity index is 354. The van der Waals surface area contributed by atoms with Crippen molar-refractivity contribution in [3.05, 3.63) is 0 Å². The summed E-state index contributed by atoms with van der Waals surface area (Å²) < 4.78 is 0. The van der Waals surface area contributed by atoms with Gasteiger partial charge in [-0.15, -0.1) is 0 Å². The number of nitrogens with one attached hydrogen (secondary N) is 2. The van der Waals surface area contributed by atoms with Crippen molar-refractivity contribution < 1.29 is 19.5 Å². The quantitative estimate of drug-likeness (QED) is 0.663. The van der Waals surface area contributed by atoms with Crippen molar-refractivity contribution in [1.82, 2.24) is 15.5 Å². The van der Waals surface area contributed by atoms with Crippen molar-refractivity contribution in [2.24, 2.45) is 0 Å². The molecule has 114 valence electrons. The summed E-state index contributed by atoms with van der Waals surface area (Å²) in [6.45, 7) is 0.0226. The lowest BCUT2D eigenvalue weighted by Gasteiger charge is -2.23. The number of carbonyl (C=O) groups is 3. The molecule has 1 fully saturated rings. The number of nitrogens with zero attached hydrogens (tertiary/aromatic N) is 1. The average molecular weight is 285 g/mol. The molecule has 1 rings (SSSR count). The van der Waals surface area contributed by atoms with Crippen LogP contribution in [0.5, 0.6) is 0 Å². The molecule has 0 aromatic heterocycles. The fourth-order valence-corrected chi connectivity index (χ4v) is 2.16. The van der Waals surface area contributed by atoms with Crippen molar-refractivity contribution in [2.75, 3.05) is 20.1 Å². The second-order valence-corrected chi connectivity index (χ2v) is 5.12. The van der Waals surface area contributed by atoms with Crippen molar-refractivity contribution in [3.8, 4) is 0 Å². The lowest BCUT2D eigenvalue weighted by Crippen LogP contribution is -2.46. The van der Waals surface area contributed by atoms with Gasteiger partial charge in [0.2, 0.25) is 5.91 Å². The minimum Gasteiger partial charge on any atom is -0.481 e. The topological polar surface area (TPSA) is 98.7 Å². The van der Waals surface area contributed by atoms with E-state index in [0.29, 0.717) is 0 Å². The van der Waals surface area contributed by atoms with Crippen molar-refractivity contribution in [3.63, 3.8) is 0 Å². The molecule has 0 aromatic carbocycles. The normalized spacial score (nSPS) is 15.4. The van der Waals surface area contributed by atoms with Crippen LogP contribution < -0.4 is 10.6 Å². The first-order valence-electron chi connectivity index (χ1n) is 6.99. The van der Waals surface area contributed by atoms with Crippen LogP contribution in [0.3, 0.4) is 0 Å². The Hall–Kier alpha value is -1.79. The van der Waals surface area contributed by atoms with E-state index >= 15 is 0 Å². The van der Waals surface area contributed by atoms with Crippen LogP contribution in [0.2, 0.25) is 0 Å². The molecule has 0 heterocycles. The number of carboxylic acid groups (broad SMARTS) is 1. The number of aliphatic carboxylic acids is 1. The molecule has 0 radical (unpaired) electrons. The number of urea groups is 1. The number of carbonyl (C=O) groups excluding carboxylic acids is 2. The fraction of sp³-hybridized carbons (Fsp3) is 0.769. The van der Waals surface area contributed by atoms with Gasteiger partial charge in [-0.05, 0) is 12.8 Å². The third-order valence-corrected chi connectivity index (χ3v) is 3.43. The van der Waals surface area contributed by atoms with Crippen LogP contribution in [-0.4, -0.2) is 54.1 Å². The van der Waals surface area contributed by atoms with E-state index in [0.717, 1.165) is 25.7 Å². The van der Waals surface area contributed by atoms with Gasteiger partial charge in [0.25, 0.3) is 0 Å². The van der Waals surface area contributed by atoms with Gasteiger partial charge in [-0.1, -0.05) is 19.3 Å². The molecule has 0 saturated heterocycles. The molecule has 1 aliphatic rings. The van der Waals surface area contributed by atoms with Gasteiger partial charge in [-0.25, -0.2) is 4.79 Å². The zero-order valence-electron chi connectivity index (χ0n) is 11.9. The van der Waals surface area contributed by atoms with E-state index in [2.05, 4.69) is 10.6 Å². The van der Waals surface area contributed by atoms with Crippen molar-refractivity contribution >= 4 is 17.9 Å². The third-order valence-electron chi connectivity index (χ3n) is 3.43. The van der Waals surface area contributed by atoms with Crippen LogP contribution in [0, 0.1) is 0 Å². The molecule has 0 aliphatic heterocycles. The predicted octanol–water partition coefficient (Wildman–Crippen LogP) is 0.551. The Morgan fingerprint density at radius 3 is 2.45 bits per heavy atom. The van der Waals surface area contributed by atoms with Gasteiger partial charge in [0.15, 0.2) is 0 Å². The summed E-state index contributed by atoms with van der Waals surface area (Å²) in [4.78, 5) is 35.0. The first-order valence-corrected chi connectivity index (χ1v) is 6.99. The molecule has 0 bridgehead atoms. The molecular weight excluding hydrogens is 262 g/mol. The Balaban J connectivity index is 2.18. The van der Waals surface area contributed by atoms with Gasteiger partial charge >= 0.3 is 12.0 Å². The highest BCUT2D eigenvalue weighted by Gasteiger charge is 2.16. The first kappa shape index (κ1) is 16.3. The minimum atomic E-state index is -0.951. The second kappa shape index (κ2) is 8.39. The maximum Gasteiger partial charge on any atom is 0.315 e. The molecule has 0 atom stereocenters. The van der Waals surface area contributed by atoms with Crippen LogP contribution in [0.1, 0.15) is 38.5 Å². The zero-order valence-corrected chi connectivity index (χ0v) is 11.9. The van der Waals surface area contributed by atoms with Gasteiger partial charge < -0.3 is 20.6 Å². The summed E-state index contributed by atoms with van der Waals surface area (Å²) in [5.74, 6) is -1.25. The van der Waals surface area contributed by atoms with Crippen LogP contribution in [-0.2, 0) is 9.59 Å². The molecule has 1 saturated carbocycles. The Morgan fingerprint density at radius 2 is 1.85 bits per heavy atom. The molecule has 20 heavy (non-hydrogen) atoms. The average Bonchev–Trinajstić information content (AvgIpc) is 2.43. The van der Waals surface area contributed by atoms with E-state index < -0.39 is 5.97 Å². The Labute approximate surface area is 118 Å². The van der Waals surface area contributed by atoms with Crippen LogP contribution >= 0.6 is 0 Å². The van der Waals surface area contributed by atoms with E-state index in [4.69, 9.17) is 5.11 Å². The summed E-state index contributed by atoms with van der Waals surface area (Å²) in [7, 11) is 1.52. The number of likely N-dealkylation sites (N-methyl/N-ethyl adjacent to an activating group) is 1. The van der Waals surface area contributed by atoms with Gasteiger partial charge in [-0.3, -0.25) is 9.59 Å². The van der Waals surface area contributed by atoms with Crippen molar-refractivity contribution in [2.45, 2.75) is 44.6 Å². The first-order chi connectivity index (χ1) is 9.49. The highest BCUT2D eigenvalue weighted by atomic mass is 16.4. The molecule has 7 heteroatoms. The summed E-state index contributed by atoms with van der Waals surface area (Å²) in [5.41, 5.74) is 0. The molecule has 0 spiro atoms. The largest absolute Gasteiger partial charge is 0.481 e. The lowest BCUT2D eigenvalue weighted by molar-refractivity contribution is -0.138. The molecule has 3 amide bonds. The molecule has 0 unspecified atom stereocenters. The third kappa shape index (κ3) is 6.40. The summed E-state index contributed by atoms with van der Waals surface area (Å²) in [5, 5.41) is 13.9. The molecular formula is C13H23N3O4. The minimum absolute atomic E-state index is 0.101. The van der Waals surface area contributed by atoms with E-state index in [1.165, 1.54) is 18.4 Å². The lowest BCUT2D eigenvalue weighted by atomic mass is 9.96. The van der Waals surface area contributed by atoms with E-state index in [1.807, 2.05) is 0 Å². The standard InChI is InChI=1S/C13H23N3O4/c1-16(8-7-12(18)19)11(17)9-14-13(20)15-10-5-3-2-4-6-10/h10H,2-9H2,1H3,(H,18,19)(H2,14,15,20). The number of rotatable bonds is 6. The van der Waals surface area contributed by atoms with Crippen LogP contribution in [0.15, 0.2) is 0 Å². The number of hydrogen-bond acceptors (Lipinski definition) is 3. The second-order valence-electron chi connectivity index (χ2n) is 5.12. The summed E-state index contributed by atoms with van der Waals surface area (Å²) in [6.07, 6.45) is 5.34. The van der Waals surface area contributed by atoms with Crippen LogP contribution in [0.4, 0.5) is 4.79 Å².